The van der Waals surface area contributed by atoms with Gasteiger partial charge in [-0.15, -0.1) is 5.10 Å². The van der Waals surface area contributed by atoms with Crippen LogP contribution in [0.2, 0.25) is 0 Å². The molecule has 2 heterocycles. The topological polar surface area (TPSA) is 75.7 Å². The number of benzene rings is 3. The molecule has 2 aromatic heterocycles. The molecule has 2 N–H and O–H groups in total. The van der Waals surface area contributed by atoms with Gasteiger partial charge in [0.1, 0.15) is 11.5 Å². The summed E-state index contributed by atoms with van der Waals surface area (Å²) >= 11 is 0. The molecule has 12 heteroatoms. The molecule has 0 amide bonds. The van der Waals surface area contributed by atoms with Gasteiger partial charge in [0.15, 0.2) is 5.82 Å². The second-order valence-corrected chi connectivity index (χ2v) is 7.88. The fraction of sp³-hybridized carbons (Fsp3) is 0.0800. The molecule has 0 aliphatic heterocycles. The lowest BCUT2D eigenvalue weighted by Gasteiger charge is -2.11. The first-order chi connectivity index (χ1) is 17.6. The molecule has 3 aromatic carbocycles. The van der Waals surface area contributed by atoms with Crippen molar-refractivity contribution < 1.29 is 31.1 Å². The molecule has 0 bridgehead atoms. The maximum Gasteiger partial charge on any atom is 0.416 e. The van der Waals surface area contributed by atoms with E-state index >= 15 is 0 Å². The molecular weight excluding hydrogens is 500 g/mol. The molecule has 5 aromatic rings. The fourth-order valence-electron chi connectivity index (χ4n) is 3.54. The van der Waals surface area contributed by atoms with Crippen LogP contribution in [0.3, 0.4) is 0 Å². The van der Waals surface area contributed by atoms with Crippen molar-refractivity contribution in [3.05, 3.63) is 90.1 Å². The summed E-state index contributed by atoms with van der Waals surface area (Å²) in [4.78, 5) is 8.25. The number of pyridine rings is 1. The van der Waals surface area contributed by atoms with E-state index in [4.69, 9.17) is 4.74 Å². The Labute approximate surface area is 205 Å². The van der Waals surface area contributed by atoms with Crippen LogP contribution in [0.25, 0.3) is 22.3 Å². The highest BCUT2D eigenvalue weighted by Gasteiger charge is 2.31. The second kappa shape index (κ2) is 9.12. The van der Waals surface area contributed by atoms with E-state index in [0.29, 0.717) is 28.3 Å². The molecule has 0 fully saturated rings. The molecule has 0 radical (unpaired) electrons. The molecule has 188 valence electrons. The third kappa shape index (κ3) is 5.32. The first-order valence-corrected chi connectivity index (χ1v) is 10.7. The smallest absolute Gasteiger partial charge is 0.416 e. The third-order valence-corrected chi connectivity index (χ3v) is 5.32. The maximum atomic E-state index is 13.0. The number of hydrogen-bond acceptors (Lipinski definition) is 5. The quantitative estimate of drug-likeness (QED) is 0.236. The van der Waals surface area contributed by atoms with Gasteiger partial charge in [-0.05, 0) is 66.7 Å². The number of fused-ring (bicyclic) bond motifs is 1. The number of H-pyrrole nitrogens is 1. The molecule has 5 rings (SSSR count). The molecule has 0 aliphatic carbocycles. The van der Waals surface area contributed by atoms with E-state index in [2.05, 4.69) is 25.5 Å². The van der Waals surface area contributed by atoms with Crippen molar-refractivity contribution in [3.8, 4) is 22.9 Å². The van der Waals surface area contributed by atoms with E-state index in [1.807, 2.05) is 0 Å². The predicted octanol–water partition coefficient (Wildman–Crippen LogP) is 7.59. The van der Waals surface area contributed by atoms with Crippen molar-refractivity contribution in [2.75, 3.05) is 5.32 Å². The zero-order valence-corrected chi connectivity index (χ0v) is 18.5. The van der Waals surface area contributed by atoms with Crippen LogP contribution in [0.5, 0.6) is 11.5 Å². The van der Waals surface area contributed by atoms with Crippen LogP contribution in [-0.4, -0.2) is 20.2 Å². The molecule has 0 unspecified atom stereocenters. The molecule has 0 atom stereocenters. The normalized spacial score (nSPS) is 12.1. The summed E-state index contributed by atoms with van der Waals surface area (Å²) < 4.78 is 83.6. The first kappa shape index (κ1) is 24.1. The lowest BCUT2D eigenvalue weighted by molar-refractivity contribution is -0.138. The Morgan fingerprint density at radius 1 is 0.784 bits per heavy atom. The largest absolute Gasteiger partial charge is 0.457 e. The van der Waals surface area contributed by atoms with Crippen molar-refractivity contribution in [3.63, 3.8) is 0 Å². The highest BCUT2D eigenvalue weighted by Crippen LogP contribution is 2.35. The molecule has 0 saturated carbocycles. The highest BCUT2D eigenvalue weighted by molar-refractivity contribution is 5.85. The van der Waals surface area contributed by atoms with E-state index in [0.717, 1.165) is 24.3 Å². The number of anilines is 2. The number of aromatic amines is 1. The molecular formula is C25H15F6N5O. The average Bonchev–Trinajstić information content (AvgIpc) is 3.32. The summed E-state index contributed by atoms with van der Waals surface area (Å²) in [5.74, 6) is 1.18. The Hall–Kier alpha value is -4.61. The van der Waals surface area contributed by atoms with E-state index in [1.165, 1.54) is 24.4 Å². The predicted molar refractivity (Wildman–Crippen MR) is 123 cm³/mol. The van der Waals surface area contributed by atoms with Crippen molar-refractivity contribution >= 4 is 22.5 Å². The fourth-order valence-corrected chi connectivity index (χ4v) is 3.54. The van der Waals surface area contributed by atoms with Crippen LogP contribution in [0.1, 0.15) is 11.1 Å². The van der Waals surface area contributed by atoms with Gasteiger partial charge >= 0.3 is 12.4 Å². The highest BCUT2D eigenvalue weighted by atomic mass is 19.4. The van der Waals surface area contributed by atoms with Crippen molar-refractivity contribution in [1.29, 1.82) is 0 Å². The molecule has 6 nitrogen and oxygen atoms in total. The average molecular weight is 515 g/mol. The number of ether oxygens (including phenoxy) is 1. The summed E-state index contributed by atoms with van der Waals surface area (Å²) in [7, 11) is 0. The zero-order valence-electron chi connectivity index (χ0n) is 18.5. The number of nitrogens with one attached hydrogen (secondary N) is 2. The van der Waals surface area contributed by atoms with Crippen LogP contribution in [-0.2, 0) is 12.4 Å². The number of hydrogen-bond donors (Lipinski definition) is 2. The van der Waals surface area contributed by atoms with Crippen LogP contribution in [0, 0.1) is 0 Å². The summed E-state index contributed by atoms with van der Waals surface area (Å²) in [6, 6.07) is 16.1. The van der Waals surface area contributed by atoms with Crippen LogP contribution >= 0.6 is 0 Å². The Morgan fingerprint density at radius 2 is 1.51 bits per heavy atom. The van der Waals surface area contributed by atoms with Gasteiger partial charge in [-0.2, -0.15) is 31.3 Å². The number of aromatic nitrogens is 4. The van der Waals surface area contributed by atoms with Crippen LogP contribution < -0.4 is 10.1 Å². The van der Waals surface area contributed by atoms with Crippen LogP contribution in [0.15, 0.2) is 79.0 Å². The Balaban J connectivity index is 1.31. The van der Waals surface area contributed by atoms with Gasteiger partial charge in [-0.25, -0.2) is 0 Å². The number of alkyl halides is 6. The zero-order chi connectivity index (χ0) is 26.2. The summed E-state index contributed by atoms with van der Waals surface area (Å²) in [5, 5.41) is 9.84. The monoisotopic (exact) mass is 515 g/mol. The van der Waals surface area contributed by atoms with Crippen LogP contribution in [0.4, 0.5) is 38.0 Å². The minimum Gasteiger partial charge on any atom is -0.457 e. The number of halogens is 6. The van der Waals surface area contributed by atoms with Crippen molar-refractivity contribution in [2.45, 2.75) is 12.4 Å². The van der Waals surface area contributed by atoms with E-state index < -0.39 is 23.5 Å². The molecule has 37 heavy (non-hydrogen) atoms. The minimum absolute atomic E-state index is 0.0798. The van der Waals surface area contributed by atoms with Gasteiger partial charge in [-0.3, -0.25) is 10.1 Å². The second-order valence-electron chi connectivity index (χ2n) is 7.88. The van der Waals surface area contributed by atoms with E-state index in [9.17, 15) is 26.3 Å². The molecule has 0 spiro atoms. The summed E-state index contributed by atoms with van der Waals surface area (Å²) in [5.41, 5.74) is -0.664. The Morgan fingerprint density at radius 3 is 2.24 bits per heavy atom. The van der Waals surface area contributed by atoms with Gasteiger partial charge in [-0.1, -0.05) is 6.07 Å². The van der Waals surface area contributed by atoms with Gasteiger partial charge in [0.2, 0.25) is 5.95 Å². The molecule has 0 saturated heterocycles. The van der Waals surface area contributed by atoms with Gasteiger partial charge < -0.3 is 10.1 Å². The first-order valence-electron chi connectivity index (χ1n) is 10.7. The van der Waals surface area contributed by atoms with Gasteiger partial charge in [0.25, 0.3) is 0 Å². The lowest BCUT2D eigenvalue weighted by Crippen LogP contribution is -2.05. The SMILES string of the molecule is FC(F)(F)c1cccc(Nc2n[nH]c(-c3ccc(Oc4ccnc5cc(C(F)(F)F)ccc45)cc3)n2)c1. The lowest BCUT2D eigenvalue weighted by atomic mass is 10.1. The van der Waals surface area contributed by atoms with Gasteiger partial charge in [0, 0.05) is 22.8 Å². The maximum absolute atomic E-state index is 13.0. The summed E-state index contributed by atoms with van der Waals surface area (Å²) in [6.07, 6.45) is -7.59. The van der Waals surface area contributed by atoms with Crippen molar-refractivity contribution in [2.24, 2.45) is 0 Å². The van der Waals surface area contributed by atoms with E-state index in [-0.39, 0.29) is 17.2 Å². The van der Waals surface area contributed by atoms with Gasteiger partial charge in [0.05, 0.1) is 16.6 Å². The standard InChI is InChI=1S/C25H15F6N5O/c26-24(27,28)15-2-1-3-17(12-15)33-23-34-22(35-36-23)14-4-7-18(8-5-14)37-21-10-11-32-20-13-16(25(29,30)31)6-9-19(20)21/h1-13H,(H2,33,34,35,36). The number of nitrogens with zero attached hydrogens (tertiary/aromatic N) is 3. The third-order valence-electron chi connectivity index (χ3n) is 5.32. The minimum atomic E-state index is -4.48. The summed E-state index contributed by atoms with van der Waals surface area (Å²) in [6.45, 7) is 0. The molecule has 0 aliphatic rings. The van der Waals surface area contributed by atoms with Crippen molar-refractivity contribution in [1.82, 2.24) is 20.2 Å². The Kier molecular flexibility index (Phi) is 5.94. The Bertz CT molecular complexity index is 1560. The van der Waals surface area contributed by atoms with E-state index in [1.54, 1.807) is 30.3 Å². The number of rotatable bonds is 5.